The number of rotatable bonds is 4. The van der Waals surface area contributed by atoms with Crippen LogP contribution in [0.15, 0.2) is 17.6 Å². The molecule has 0 fully saturated rings. The Morgan fingerprint density at radius 3 is 2.65 bits per heavy atom. The largest absolute Gasteiger partial charge is 0.306 e. The third kappa shape index (κ3) is 2.28. The Hall–Kier alpha value is -1.13. The molecule has 3 nitrogen and oxygen atoms in total. The van der Waals surface area contributed by atoms with Crippen LogP contribution in [0.1, 0.15) is 34.7 Å². The molecule has 0 aliphatic heterocycles. The molecule has 0 spiro atoms. The van der Waals surface area contributed by atoms with Crippen molar-refractivity contribution in [2.45, 2.75) is 26.8 Å². The summed E-state index contributed by atoms with van der Waals surface area (Å²) in [6.45, 7) is 7.39. The summed E-state index contributed by atoms with van der Waals surface area (Å²) in [5, 5.41) is 10.0. The summed E-state index contributed by atoms with van der Waals surface area (Å²) < 4.78 is 1.93. The van der Waals surface area contributed by atoms with Gasteiger partial charge in [0.15, 0.2) is 0 Å². The first-order valence-corrected chi connectivity index (χ1v) is 6.79. The lowest BCUT2D eigenvalue weighted by Crippen LogP contribution is -2.22. The maximum absolute atomic E-state index is 4.34. The maximum Gasteiger partial charge on any atom is 0.0621 e. The Labute approximate surface area is 106 Å². The van der Waals surface area contributed by atoms with Crippen LogP contribution in [-0.2, 0) is 7.05 Å². The van der Waals surface area contributed by atoms with Gasteiger partial charge >= 0.3 is 0 Å². The third-order valence-electron chi connectivity index (χ3n) is 3.20. The lowest BCUT2D eigenvalue weighted by Gasteiger charge is -2.18. The van der Waals surface area contributed by atoms with Crippen LogP contribution in [0.2, 0.25) is 0 Å². The van der Waals surface area contributed by atoms with Gasteiger partial charge in [0.2, 0.25) is 0 Å². The number of aryl methyl sites for hydroxylation is 2. The molecule has 0 amide bonds. The predicted molar refractivity (Wildman–Crippen MR) is 72.5 cm³/mol. The molecule has 0 aliphatic carbocycles. The molecule has 2 rings (SSSR count). The van der Waals surface area contributed by atoms with Crippen molar-refractivity contribution in [1.29, 1.82) is 0 Å². The molecule has 1 unspecified atom stereocenters. The molecule has 2 heterocycles. The molecule has 0 bridgehead atoms. The molecular weight excluding hydrogens is 230 g/mol. The SMILES string of the molecule is CCNC(c1ccsc1C)c1cnn(C)c1C. The summed E-state index contributed by atoms with van der Waals surface area (Å²) in [5.74, 6) is 0. The minimum Gasteiger partial charge on any atom is -0.306 e. The highest BCUT2D eigenvalue weighted by Crippen LogP contribution is 2.29. The van der Waals surface area contributed by atoms with Crippen LogP contribution in [0.5, 0.6) is 0 Å². The Morgan fingerprint density at radius 2 is 2.18 bits per heavy atom. The molecular formula is C13H19N3S. The first-order chi connectivity index (χ1) is 8.15. The molecule has 92 valence electrons. The van der Waals surface area contributed by atoms with E-state index >= 15 is 0 Å². The zero-order valence-electron chi connectivity index (χ0n) is 10.8. The fourth-order valence-electron chi connectivity index (χ4n) is 2.08. The highest BCUT2D eigenvalue weighted by atomic mass is 32.1. The quantitative estimate of drug-likeness (QED) is 0.903. The average molecular weight is 249 g/mol. The van der Waals surface area contributed by atoms with Gasteiger partial charge in [-0.15, -0.1) is 11.3 Å². The van der Waals surface area contributed by atoms with Crippen molar-refractivity contribution in [2.75, 3.05) is 6.54 Å². The monoisotopic (exact) mass is 249 g/mol. The van der Waals surface area contributed by atoms with Crippen LogP contribution in [0, 0.1) is 13.8 Å². The van der Waals surface area contributed by atoms with Gasteiger partial charge in [0.25, 0.3) is 0 Å². The molecule has 1 atom stereocenters. The van der Waals surface area contributed by atoms with E-state index in [1.54, 1.807) is 11.3 Å². The van der Waals surface area contributed by atoms with Crippen LogP contribution < -0.4 is 5.32 Å². The van der Waals surface area contributed by atoms with Gasteiger partial charge in [0.05, 0.1) is 12.2 Å². The molecule has 1 N–H and O–H groups in total. The van der Waals surface area contributed by atoms with Crippen molar-refractivity contribution in [3.63, 3.8) is 0 Å². The fraction of sp³-hybridized carbons (Fsp3) is 0.462. The summed E-state index contributed by atoms with van der Waals surface area (Å²) in [7, 11) is 1.99. The van der Waals surface area contributed by atoms with E-state index in [-0.39, 0.29) is 6.04 Å². The molecule has 4 heteroatoms. The molecule has 0 aliphatic rings. The molecule has 0 saturated heterocycles. The predicted octanol–water partition coefficient (Wildman–Crippen LogP) is 2.80. The Kier molecular flexibility index (Phi) is 3.64. The summed E-state index contributed by atoms with van der Waals surface area (Å²) >= 11 is 1.80. The highest BCUT2D eigenvalue weighted by molar-refractivity contribution is 7.10. The summed E-state index contributed by atoms with van der Waals surface area (Å²) in [5.41, 5.74) is 3.87. The van der Waals surface area contributed by atoms with E-state index < -0.39 is 0 Å². The van der Waals surface area contributed by atoms with Crippen LogP contribution in [-0.4, -0.2) is 16.3 Å². The van der Waals surface area contributed by atoms with Crippen molar-refractivity contribution in [2.24, 2.45) is 7.05 Å². The van der Waals surface area contributed by atoms with Crippen molar-refractivity contribution in [3.8, 4) is 0 Å². The van der Waals surface area contributed by atoms with E-state index in [1.807, 2.05) is 17.9 Å². The number of thiophene rings is 1. The van der Waals surface area contributed by atoms with E-state index in [0.717, 1.165) is 6.54 Å². The molecule has 0 radical (unpaired) electrons. The van der Waals surface area contributed by atoms with Gasteiger partial charge in [0.1, 0.15) is 0 Å². The van der Waals surface area contributed by atoms with E-state index in [1.165, 1.54) is 21.7 Å². The lowest BCUT2D eigenvalue weighted by atomic mass is 10.0. The van der Waals surface area contributed by atoms with Gasteiger partial charge in [-0.2, -0.15) is 5.10 Å². The Bertz CT molecular complexity index is 498. The molecule has 0 saturated carbocycles. The number of hydrogen-bond donors (Lipinski definition) is 1. The minimum atomic E-state index is 0.264. The standard InChI is InChI=1S/C13H19N3S/c1-5-14-13(11-6-7-17-10(11)3)12-8-15-16(4)9(12)2/h6-8,13-14H,5H2,1-4H3. The van der Waals surface area contributed by atoms with Crippen LogP contribution >= 0.6 is 11.3 Å². The molecule has 17 heavy (non-hydrogen) atoms. The summed E-state index contributed by atoms with van der Waals surface area (Å²) in [4.78, 5) is 1.37. The van der Waals surface area contributed by atoms with Gasteiger partial charge in [-0.05, 0) is 37.4 Å². The zero-order valence-corrected chi connectivity index (χ0v) is 11.6. The lowest BCUT2D eigenvalue weighted by molar-refractivity contribution is 0.624. The number of aromatic nitrogens is 2. The zero-order chi connectivity index (χ0) is 12.4. The molecule has 2 aromatic heterocycles. The van der Waals surface area contributed by atoms with Gasteiger partial charge in [0, 0.05) is 23.2 Å². The highest BCUT2D eigenvalue weighted by Gasteiger charge is 2.19. The maximum atomic E-state index is 4.34. The van der Waals surface area contributed by atoms with Crippen LogP contribution in [0.25, 0.3) is 0 Å². The fourth-order valence-corrected chi connectivity index (χ4v) is 2.83. The second-order valence-electron chi connectivity index (χ2n) is 4.23. The Morgan fingerprint density at radius 1 is 1.41 bits per heavy atom. The number of nitrogens with one attached hydrogen (secondary N) is 1. The van der Waals surface area contributed by atoms with Gasteiger partial charge < -0.3 is 5.32 Å². The first kappa shape index (κ1) is 12.3. The normalized spacial score (nSPS) is 12.9. The summed E-state index contributed by atoms with van der Waals surface area (Å²) in [6.07, 6.45) is 1.97. The number of hydrogen-bond acceptors (Lipinski definition) is 3. The average Bonchev–Trinajstić information content (AvgIpc) is 2.85. The van der Waals surface area contributed by atoms with Gasteiger partial charge in [-0.3, -0.25) is 4.68 Å². The third-order valence-corrected chi connectivity index (χ3v) is 4.06. The van der Waals surface area contributed by atoms with Crippen molar-refractivity contribution in [1.82, 2.24) is 15.1 Å². The smallest absolute Gasteiger partial charge is 0.0621 e. The van der Waals surface area contributed by atoms with Gasteiger partial charge in [-0.25, -0.2) is 0 Å². The van der Waals surface area contributed by atoms with E-state index in [4.69, 9.17) is 0 Å². The first-order valence-electron chi connectivity index (χ1n) is 5.91. The van der Waals surface area contributed by atoms with E-state index in [9.17, 15) is 0 Å². The second-order valence-corrected chi connectivity index (χ2v) is 5.35. The molecule has 0 aromatic carbocycles. The van der Waals surface area contributed by atoms with Crippen LogP contribution in [0.4, 0.5) is 0 Å². The van der Waals surface area contributed by atoms with E-state index in [0.29, 0.717) is 0 Å². The second kappa shape index (κ2) is 5.02. The summed E-state index contributed by atoms with van der Waals surface area (Å²) in [6, 6.07) is 2.47. The van der Waals surface area contributed by atoms with E-state index in [2.05, 4.69) is 42.6 Å². The Balaban J connectivity index is 2.43. The van der Waals surface area contributed by atoms with Crippen LogP contribution in [0.3, 0.4) is 0 Å². The molecule has 2 aromatic rings. The van der Waals surface area contributed by atoms with Crippen molar-refractivity contribution in [3.05, 3.63) is 39.3 Å². The topological polar surface area (TPSA) is 29.9 Å². The van der Waals surface area contributed by atoms with Crippen molar-refractivity contribution >= 4 is 11.3 Å². The van der Waals surface area contributed by atoms with Gasteiger partial charge in [-0.1, -0.05) is 6.92 Å². The minimum absolute atomic E-state index is 0.264. The number of nitrogens with zero attached hydrogens (tertiary/aromatic N) is 2. The van der Waals surface area contributed by atoms with Crippen molar-refractivity contribution < 1.29 is 0 Å².